The van der Waals surface area contributed by atoms with Crippen LogP contribution in [-0.4, -0.2) is 17.7 Å². The van der Waals surface area contributed by atoms with E-state index in [1.54, 1.807) is 0 Å². The number of aromatic carboxylic acids is 1. The van der Waals surface area contributed by atoms with Crippen LogP contribution < -0.4 is 5.48 Å². The lowest BCUT2D eigenvalue weighted by Gasteiger charge is -1.98. The van der Waals surface area contributed by atoms with Crippen LogP contribution in [-0.2, 0) is 11.4 Å². The summed E-state index contributed by atoms with van der Waals surface area (Å²) in [5.41, 5.74) is 2.76. The van der Waals surface area contributed by atoms with Gasteiger partial charge in [-0.3, -0.25) is 0 Å². The molecule has 0 aromatic carbocycles. The summed E-state index contributed by atoms with van der Waals surface area (Å²) in [4.78, 5) is 15.3. The number of hydrogen-bond donors (Lipinski definition) is 2. The van der Waals surface area contributed by atoms with Gasteiger partial charge in [0.25, 0.3) is 0 Å². The highest BCUT2D eigenvalue weighted by molar-refractivity contribution is 5.87. The monoisotopic (exact) mass is 185 g/mol. The standard InChI is InChI=1S/C8H11NO4/c1-2-13-9-4-7-3-6(5-12-7)8(10)11/h3,5,9H,2,4H2,1H3,(H,10,11). The van der Waals surface area contributed by atoms with E-state index in [0.717, 1.165) is 0 Å². The van der Waals surface area contributed by atoms with Gasteiger partial charge in [-0.2, -0.15) is 5.48 Å². The third-order valence-electron chi connectivity index (χ3n) is 1.39. The Morgan fingerprint density at radius 1 is 1.77 bits per heavy atom. The number of hydrogen-bond acceptors (Lipinski definition) is 4. The molecule has 1 rings (SSSR count). The predicted octanol–water partition coefficient (Wildman–Crippen LogP) is 1.02. The topological polar surface area (TPSA) is 71.7 Å². The number of hydroxylamine groups is 1. The van der Waals surface area contributed by atoms with Crippen LogP contribution in [0.3, 0.4) is 0 Å². The zero-order valence-corrected chi connectivity index (χ0v) is 7.24. The molecule has 0 saturated carbocycles. The Morgan fingerprint density at radius 3 is 3.08 bits per heavy atom. The Hall–Kier alpha value is -1.33. The fourth-order valence-corrected chi connectivity index (χ4v) is 0.810. The quantitative estimate of drug-likeness (QED) is 0.529. The van der Waals surface area contributed by atoms with Crippen LogP contribution in [0, 0.1) is 0 Å². The Balaban J connectivity index is 2.44. The molecule has 1 aromatic heterocycles. The van der Waals surface area contributed by atoms with E-state index in [4.69, 9.17) is 14.4 Å². The van der Waals surface area contributed by atoms with Crippen LogP contribution in [0.2, 0.25) is 0 Å². The van der Waals surface area contributed by atoms with Crippen molar-refractivity contribution >= 4 is 5.97 Å². The highest BCUT2D eigenvalue weighted by Crippen LogP contribution is 2.06. The van der Waals surface area contributed by atoms with Crippen molar-refractivity contribution in [3.8, 4) is 0 Å². The molecule has 5 nitrogen and oxygen atoms in total. The number of carboxylic acids is 1. The van der Waals surface area contributed by atoms with E-state index in [1.165, 1.54) is 12.3 Å². The Kier molecular flexibility index (Phi) is 3.48. The van der Waals surface area contributed by atoms with Crippen LogP contribution in [0.5, 0.6) is 0 Å². The van der Waals surface area contributed by atoms with Gasteiger partial charge in [0, 0.05) is 0 Å². The molecule has 0 aliphatic heterocycles. The van der Waals surface area contributed by atoms with Gasteiger partial charge in [0.1, 0.15) is 12.0 Å². The third-order valence-corrected chi connectivity index (χ3v) is 1.39. The maximum atomic E-state index is 10.4. The maximum Gasteiger partial charge on any atom is 0.338 e. The largest absolute Gasteiger partial charge is 0.478 e. The number of carbonyl (C=O) groups is 1. The molecular formula is C8H11NO4. The molecule has 0 aliphatic rings. The van der Waals surface area contributed by atoms with Crippen LogP contribution in [0.15, 0.2) is 16.7 Å². The Morgan fingerprint density at radius 2 is 2.54 bits per heavy atom. The molecule has 13 heavy (non-hydrogen) atoms. The van der Waals surface area contributed by atoms with Crippen molar-refractivity contribution in [2.75, 3.05) is 6.61 Å². The van der Waals surface area contributed by atoms with Gasteiger partial charge < -0.3 is 14.4 Å². The SMILES string of the molecule is CCONCc1cc(C(=O)O)co1. The molecule has 1 aromatic rings. The van der Waals surface area contributed by atoms with Gasteiger partial charge in [-0.25, -0.2) is 4.79 Å². The smallest absolute Gasteiger partial charge is 0.338 e. The average molecular weight is 185 g/mol. The van der Waals surface area contributed by atoms with E-state index in [-0.39, 0.29) is 5.56 Å². The highest BCUT2D eigenvalue weighted by atomic mass is 16.6. The lowest BCUT2D eigenvalue weighted by atomic mass is 10.3. The molecule has 0 radical (unpaired) electrons. The molecule has 0 atom stereocenters. The summed E-state index contributed by atoms with van der Waals surface area (Å²) >= 11 is 0. The summed E-state index contributed by atoms with van der Waals surface area (Å²) in [5.74, 6) is -0.461. The van der Waals surface area contributed by atoms with E-state index in [0.29, 0.717) is 18.9 Å². The minimum absolute atomic E-state index is 0.147. The minimum atomic E-state index is -0.994. The summed E-state index contributed by atoms with van der Waals surface area (Å²) in [7, 11) is 0. The number of nitrogens with one attached hydrogen (secondary N) is 1. The van der Waals surface area contributed by atoms with E-state index < -0.39 is 5.97 Å². The lowest BCUT2D eigenvalue weighted by Crippen LogP contribution is -2.12. The van der Waals surface area contributed by atoms with Crippen molar-refractivity contribution in [3.63, 3.8) is 0 Å². The molecule has 0 spiro atoms. The van der Waals surface area contributed by atoms with Crippen LogP contribution >= 0.6 is 0 Å². The second kappa shape index (κ2) is 4.64. The third kappa shape index (κ3) is 2.89. The van der Waals surface area contributed by atoms with Crippen molar-refractivity contribution in [1.29, 1.82) is 0 Å². The average Bonchev–Trinajstić information content (AvgIpc) is 2.53. The van der Waals surface area contributed by atoms with E-state index in [9.17, 15) is 4.79 Å². The summed E-state index contributed by atoms with van der Waals surface area (Å²) in [6.07, 6.45) is 1.20. The molecule has 0 amide bonds. The van der Waals surface area contributed by atoms with E-state index in [1.807, 2.05) is 6.92 Å². The van der Waals surface area contributed by atoms with Crippen LogP contribution in [0.4, 0.5) is 0 Å². The van der Waals surface area contributed by atoms with E-state index >= 15 is 0 Å². The zero-order valence-electron chi connectivity index (χ0n) is 7.24. The predicted molar refractivity (Wildman–Crippen MR) is 44.1 cm³/mol. The van der Waals surface area contributed by atoms with Crippen LogP contribution in [0.25, 0.3) is 0 Å². The summed E-state index contributed by atoms with van der Waals surface area (Å²) < 4.78 is 4.95. The van der Waals surface area contributed by atoms with Gasteiger partial charge >= 0.3 is 5.97 Å². The molecule has 72 valence electrons. The second-order valence-corrected chi connectivity index (χ2v) is 2.36. The Bertz CT molecular complexity index is 281. The lowest BCUT2D eigenvalue weighted by molar-refractivity contribution is 0.0425. The molecule has 0 fully saturated rings. The summed E-state index contributed by atoms with van der Waals surface area (Å²) in [6, 6.07) is 1.45. The summed E-state index contributed by atoms with van der Waals surface area (Å²) in [6.45, 7) is 2.76. The van der Waals surface area contributed by atoms with Crippen molar-refractivity contribution in [3.05, 3.63) is 23.7 Å². The number of rotatable bonds is 5. The first-order valence-corrected chi connectivity index (χ1v) is 3.89. The number of furan rings is 1. The van der Waals surface area contributed by atoms with Crippen molar-refractivity contribution in [2.45, 2.75) is 13.5 Å². The zero-order chi connectivity index (χ0) is 9.68. The fraction of sp³-hybridized carbons (Fsp3) is 0.375. The van der Waals surface area contributed by atoms with Gasteiger partial charge in [0.05, 0.1) is 18.7 Å². The van der Waals surface area contributed by atoms with Crippen molar-refractivity contribution < 1.29 is 19.2 Å². The normalized spacial score (nSPS) is 10.2. The van der Waals surface area contributed by atoms with Gasteiger partial charge in [0.15, 0.2) is 0 Å². The second-order valence-electron chi connectivity index (χ2n) is 2.36. The fourth-order valence-electron chi connectivity index (χ4n) is 0.810. The van der Waals surface area contributed by atoms with E-state index in [2.05, 4.69) is 5.48 Å². The maximum absolute atomic E-state index is 10.4. The molecule has 1 heterocycles. The first kappa shape index (κ1) is 9.76. The summed E-state index contributed by atoms with van der Waals surface area (Å²) in [5, 5.41) is 8.56. The van der Waals surface area contributed by atoms with Crippen molar-refractivity contribution in [2.24, 2.45) is 0 Å². The highest BCUT2D eigenvalue weighted by Gasteiger charge is 2.07. The molecular weight excluding hydrogens is 174 g/mol. The van der Waals surface area contributed by atoms with Gasteiger partial charge in [0.2, 0.25) is 0 Å². The van der Waals surface area contributed by atoms with Gasteiger partial charge in [-0.15, -0.1) is 0 Å². The number of carboxylic acid groups (broad SMARTS) is 1. The molecule has 5 heteroatoms. The Labute approximate surface area is 75.3 Å². The first-order valence-electron chi connectivity index (χ1n) is 3.89. The van der Waals surface area contributed by atoms with Crippen LogP contribution in [0.1, 0.15) is 23.0 Å². The molecule has 2 N–H and O–H groups in total. The van der Waals surface area contributed by atoms with Gasteiger partial charge in [-0.05, 0) is 13.0 Å². The molecule has 0 unspecified atom stereocenters. The molecule has 0 aliphatic carbocycles. The van der Waals surface area contributed by atoms with Gasteiger partial charge in [-0.1, -0.05) is 0 Å². The molecule has 0 bridgehead atoms. The van der Waals surface area contributed by atoms with Crippen molar-refractivity contribution in [1.82, 2.24) is 5.48 Å². The first-order chi connectivity index (χ1) is 6.24. The molecule has 0 saturated heterocycles. The minimum Gasteiger partial charge on any atom is -0.478 e.